The molecule has 0 fully saturated rings. The van der Waals surface area contributed by atoms with E-state index in [4.69, 9.17) is 16.3 Å². The van der Waals surface area contributed by atoms with Crippen molar-refractivity contribution in [2.75, 3.05) is 17.2 Å². The molecule has 1 amide bonds. The topological polar surface area (TPSA) is 50.4 Å². The summed E-state index contributed by atoms with van der Waals surface area (Å²) < 4.78 is 5.62. The molecule has 5 heteroatoms. The van der Waals surface area contributed by atoms with E-state index in [1.54, 1.807) is 24.3 Å². The monoisotopic (exact) mass is 318 g/mol. The number of anilines is 2. The van der Waals surface area contributed by atoms with Crippen molar-refractivity contribution in [2.24, 2.45) is 0 Å². The van der Waals surface area contributed by atoms with Crippen LogP contribution in [0.5, 0.6) is 5.75 Å². The fourth-order valence-electron chi connectivity index (χ4n) is 1.87. The molecule has 2 aromatic carbocycles. The van der Waals surface area contributed by atoms with Gasteiger partial charge in [-0.15, -0.1) is 0 Å². The molecule has 0 aliphatic heterocycles. The zero-order valence-electron chi connectivity index (χ0n) is 12.6. The Bertz CT molecular complexity index is 627. The van der Waals surface area contributed by atoms with E-state index in [0.29, 0.717) is 10.7 Å². The van der Waals surface area contributed by atoms with Crippen LogP contribution in [0.1, 0.15) is 13.8 Å². The largest absolute Gasteiger partial charge is 0.491 e. The molecule has 2 rings (SSSR count). The number of carbonyl (C=O) groups excluding carboxylic acids is 1. The highest BCUT2D eigenvalue weighted by atomic mass is 35.5. The minimum absolute atomic E-state index is 0.114. The van der Waals surface area contributed by atoms with Crippen LogP contribution in [0.3, 0.4) is 0 Å². The molecule has 0 saturated heterocycles. The molecule has 116 valence electrons. The molecule has 22 heavy (non-hydrogen) atoms. The van der Waals surface area contributed by atoms with Crippen LogP contribution in [0.2, 0.25) is 5.02 Å². The van der Waals surface area contributed by atoms with Crippen molar-refractivity contribution in [3.8, 4) is 5.75 Å². The van der Waals surface area contributed by atoms with E-state index in [2.05, 4.69) is 10.6 Å². The molecule has 0 heterocycles. The zero-order valence-corrected chi connectivity index (χ0v) is 13.4. The normalized spacial score (nSPS) is 10.4. The molecule has 0 aliphatic carbocycles. The summed E-state index contributed by atoms with van der Waals surface area (Å²) in [6.45, 7) is 4.12. The molecule has 0 saturated carbocycles. The smallest absolute Gasteiger partial charge is 0.243 e. The number of amides is 1. The third-order valence-electron chi connectivity index (χ3n) is 2.79. The van der Waals surface area contributed by atoms with Crippen LogP contribution in [0.15, 0.2) is 48.5 Å². The second kappa shape index (κ2) is 7.71. The summed E-state index contributed by atoms with van der Waals surface area (Å²) >= 11 is 5.80. The van der Waals surface area contributed by atoms with Crippen molar-refractivity contribution >= 4 is 28.9 Å². The van der Waals surface area contributed by atoms with Gasteiger partial charge in [-0.1, -0.05) is 17.7 Å². The number of halogens is 1. The standard InChI is InChI=1S/C17H19ClN2O2/c1-12(2)22-16-5-3-4-15(10-16)19-11-17(21)20-14-8-6-13(18)7-9-14/h3-10,12,19H,11H2,1-2H3,(H,20,21). The zero-order chi connectivity index (χ0) is 15.9. The van der Waals surface area contributed by atoms with E-state index in [9.17, 15) is 4.79 Å². The fraction of sp³-hybridized carbons (Fsp3) is 0.235. The number of rotatable bonds is 6. The van der Waals surface area contributed by atoms with Gasteiger partial charge in [0.25, 0.3) is 0 Å². The average molecular weight is 319 g/mol. The molecule has 0 atom stereocenters. The van der Waals surface area contributed by atoms with Crippen LogP contribution in [0.4, 0.5) is 11.4 Å². The molecule has 0 radical (unpaired) electrons. The maximum absolute atomic E-state index is 11.9. The van der Waals surface area contributed by atoms with Gasteiger partial charge in [-0.25, -0.2) is 0 Å². The van der Waals surface area contributed by atoms with Gasteiger partial charge in [-0.2, -0.15) is 0 Å². The Hall–Kier alpha value is -2.20. The van der Waals surface area contributed by atoms with Crippen molar-refractivity contribution in [3.63, 3.8) is 0 Å². The number of hydrogen-bond acceptors (Lipinski definition) is 3. The van der Waals surface area contributed by atoms with Gasteiger partial charge >= 0.3 is 0 Å². The third kappa shape index (κ3) is 5.30. The third-order valence-corrected chi connectivity index (χ3v) is 3.04. The van der Waals surface area contributed by atoms with Crippen molar-refractivity contribution in [1.29, 1.82) is 0 Å². The lowest BCUT2D eigenvalue weighted by Crippen LogP contribution is -2.21. The molecule has 2 aromatic rings. The second-order valence-corrected chi connectivity index (χ2v) is 5.54. The lowest BCUT2D eigenvalue weighted by Gasteiger charge is -2.12. The van der Waals surface area contributed by atoms with E-state index >= 15 is 0 Å². The molecule has 0 spiro atoms. The Morgan fingerprint density at radius 2 is 1.86 bits per heavy atom. The van der Waals surface area contributed by atoms with Crippen molar-refractivity contribution < 1.29 is 9.53 Å². The Labute approximate surface area is 135 Å². The first-order valence-corrected chi connectivity index (χ1v) is 7.47. The van der Waals surface area contributed by atoms with Crippen LogP contribution < -0.4 is 15.4 Å². The highest BCUT2D eigenvalue weighted by Crippen LogP contribution is 2.18. The Morgan fingerprint density at radius 3 is 2.55 bits per heavy atom. The summed E-state index contributed by atoms with van der Waals surface area (Å²) in [6, 6.07) is 14.5. The van der Waals surface area contributed by atoms with E-state index in [1.807, 2.05) is 38.1 Å². The van der Waals surface area contributed by atoms with Gasteiger partial charge in [0.05, 0.1) is 12.6 Å². The number of ether oxygens (including phenoxy) is 1. The summed E-state index contributed by atoms with van der Waals surface area (Å²) in [7, 11) is 0. The first kappa shape index (κ1) is 16.2. The number of nitrogens with one attached hydrogen (secondary N) is 2. The SMILES string of the molecule is CC(C)Oc1cccc(NCC(=O)Nc2ccc(Cl)cc2)c1. The van der Waals surface area contributed by atoms with E-state index in [0.717, 1.165) is 11.4 Å². The fourth-order valence-corrected chi connectivity index (χ4v) is 2.00. The van der Waals surface area contributed by atoms with Crippen molar-refractivity contribution in [1.82, 2.24) is 0 Å². The van der Waals surface area contributed by atoms with Gasteiger partial charge in [0.2, 0.25) is 5.91 Å². The summed E-state index contributed by atoms with van der Waals surface area (Å²) in [5, 5.41) is 6.50. The van der Waals surface area contributed by atoms with Gasteiger partial charge in [0, 0.05) is 22.5 Å². The highest BCUT2D eigenvalue weighted by Gasteiger charge is 2.04. The Morgan fingerprint density at radius 1 is 1.14 bits per heavy atom. The lowest BCUT2D eigenvalue weighted by atomic mass is 10.3. The Balaban J connectivity index is 1.86. The summed E-state index contributed by atoms with van der Waals surface area (Å²) in [5.74, 6) is 0.649. The molecule has 2 N–H and O–H groups in total. The summed E-state index contributed by atoms with van der Waals surface area (Å²) in [6.07, 6.45) is 0.114. The summed E-state index contributed by atoms with van der Waals surface area (Å²) in [4.78, 5) is 11.9. The Kier molecular flexibility index (Phi) is 5.67. The van der Waals surface area contributed by atoms with Crippen LogP contribution in [-0.2, 0) is 4.79 Å². The highest BCUT2D eigenvalue weighted by molar-refractivity contribution is 6.30. The number of hydrogen-bond donors (Lipinski definition) is 2. The number of benzene rings is 2. The van der Waals surface area contributed by atoms with Crippen molar-refractivity contribution in [3.05, 3.63) is 53.6 Å². The molecule has 0 aromatic heterocycles. The molecular weight excluding hydrogens is 300 g/mol. The van der Waals surface area contributed by atoms with Crippen LogP contribution >= 0.6 is 11.6 Å². The van der Waals surface area contributed by atoms with Crippen LogP contribution in [0, 0.1) is 0 Å². The van der Waals surface area contributed by atoms with Gasteiger partial charge in [-0.05, 0) is 50.2 Å². The quantitative estimate of drug-likeness (QED) is 0.840. The predicted molar refractivity (Wildman–Crippen MR) is 90.8 cm³/mol. The van der Waals surface area contributed by atoms with Gasteiger partial charge < -0.3 is 15.4 Å². The van der Waals surface area contributed by atoms with Crippen LogP contribution in [0.25, 0.3) is 0 Å². The molecule has 4 nitrogen and oxygen atoms in total. The number of carbonyl (C=O) groups is 1. The van der Waals surface area contributed by atoms with Gasteiger partial charge in [-0.3, -0.25) is 4.79 Å². The second-order valence-electron chi connectivity index (χ2n) is 5.10. The first-order valence-electron chi connectivity index (χ1n) is 7.09. The maximum atomic E-state index is 11.9. The molecule has 0 bridgehead atoms. The van der Waals surface area contributed by atoms with Gasteiger partial charge in [0.15, 0.2) is 0 Å². The van der Waals surface area contributed by atoms with E-state index < -0.39 is 0 Å². The van der Waals surface area contributed by atoms with Crippen molar-refractivity contribution in [2.45, 2.75) is 20.0 Å². The minimum atomic E-state index is -0.127. The van der Waals surface area contributed by atoms with Crippen LogP contribution in [-0.4, -0.2) is 18.6 Å². The maximum Gasteiger partial charge on any atom is 0.243 e. The van der Waals surface area contributed by atoms with E-state index in [-0.39, 0.29) is 18.6 Å². The summed E-state index contributed by atoms with van der Waals surface area (Å²) in [5.41, 5.74) is 1.55. The van der Waals surface area contributed by atoms with E-state index in [1.165, 1.54) is 0 Å². The first-order chi connectivity index (χ1) is 10.5. The predicted octanol–water partition coefficient (Wildman–Crippen LogP) is 4.18. The molecule has 0 aliphatic rings. The average Bonchev–Trinajstić information content (AvgIpc) is 2.47. The lowest BCUT2D eigenvalue weighted by molar-refractivity contribution is -0.114. The molecular formula is C17H19ClN2O2. The minimum Gasteiger partial charge on any atom is -0.491 e. The van der Waals surface area contributed by atoms with Gasteiger partial charge in [0.1, 0.15) is 5.75 Å². The molecule has 0 unspecified atom stereocenters.